The molecule has 0 radical (unpaired) electrons. The first kappa shape index (κ1) is 18.2. The first-order chi connectivity index (χ1) is 13.7. The van der Waals surface area contributed by atoms with Gasteiger partial charge in [-0.15, -0.1) is 5.10 Å². The minimum absolute atomic E-state index is 0.137. The van der Waals surface area contributed by atoms with E-state index in [2.05, 4.69) is 15.2 Å². The molecule has 7 heteroatoms. The highest BCUT2D eigenvalue weighted by Crippen LogP contribution is 2.24. The van der Waals surface area contributed by atoms with Crippen LogP contribution < -0.4 is 4.90 Å². The molecular formula is C21H23N5O2. The second kappa shape index (κ2) is 8.21. The molecule has 1 aromatic carbocycles. The second-order valence-corrected chi connectivity index (χ2v) is 6.90. The SMILES string of the molecule is Cc1nnc(N2CCN(C(=O)C(Cc3ccccn3)c3ccccc3)CC2)o1. The first-order valence-corrected chi connectivity index (χ1v) is 9.49. The van der Waals surface area contributed by atoms with Crippen LogP contribution in [0, 0.1) is 6.92 Å². The number of amides is 1. The van der Waals surface area contributed by atoms with Crippen molar-refractivity contribution < 1.29 is 9.21 Å². The fourth-order valence-electron chi connectivity index (χ4n) is 3.51. The molecule has 1 aliphatic heterocycles. The van der Waals surface area contributed by atoms with Crippen molar-refractivity contribution in [1.29, 1.82) is 0 Å². The Morgan fingerprint density at radius 3 is 2.43 bits per heavy atom. The number of carbonyl (C=O) groups excluding carboxylic acids is 1. The van der Waals surface area contributed by atoms with Crippen LogP contribution in [0.1, 0.15) is 23.1 Å². The third-order valence-corrected chi connectivity index (χ3v) is 5.02. The smallest absolute Gasteiger partial charge is 0.318 e. The number of aromatic nitrogens is 3. The maximum atomic E-state index is 13.4. The number of nitrogens with zero attached hydrogens (tertiary/aromatic N) is 5. The Kier molecular flexibility index (Phi) is 5.32. The summed E-state index contributed by atoms with van der Waals surface area (Å²) in [5.41, 5.74) is 1.94. The molecule has 4 rings (SSSR count). The normalized spacial score (nSPS) is 15.5. The minimum Gasteiger partial charge on any atom is -0.408 e. The molecule has 0 saturated carbocycles. The molecule has 1 unspecified atom stereocenters. The van der Waals surface area contributed by atoms with Crippen LogP contribution in [-0.4, -0.2) is 52.2 Å². The number of anilines is 1. The molecule has 144 valence electrons. The van der Waals surface area contributed by atoms with Gasteiger partial charge in [0.25, 0.3) is 0 Å². The first-order valence-electron chi connectivity index (χ1n) is 9.49. The van der Waals surface area contributed by atoms with Crippen molar-refractivity contribution in [1.82, 2.24) is 20.1 Å². The van der Waals surface area contributed by atoms with Gasteiger partial charge in [0, 0.05) is 51.4 Å². The van der Waals surface area contributed by atoms with E-state index in [4.69, 9.17) is 4.42 Å². The lowest BCUT2D eigenvalue weighted by Crippen LogP contribution is -2.50. The van der Waals surface area contributed by atoms with Crippen LogP contribution in [0.5, 0.6) is 0 Å². The average Bonchev–Trinajstić information content (AvgIpc) is 3.19. The highest BCUT2D eigenvalue weighted by atomic mass is 16.4. The lowest BCUT2D eigenvalue weighted by Gasteiger charge is -2.35. The summed E-state index contributed by atoms with van der Waals surface area (Å²) >= 11 is 0. The van der Waals surface area contributed by atoms with Crippen LogP contribution in [0.4, 0.5) is 6.01 Å². The fraction of sp³-hybridized carbons (Fsp3) is 0.333. The number of benzene rings is 1. The molecule has 1 amide bonds. The highest BCUT2D eigenvalue weighted by molar-refractivity contribution is 5.84. The van der Waals surface area contributed by atoms with E-state index in [9.17, 15) is 4.79 Å². The van der Waals surface area contributed by atoms with Gasteiger partial charge in [-0.1, -0.05) is 41.5 Å². The maximum absolute atomic E-state index is 13.4. The maximum Gasteiger partial charge on any atom is 0.318 e. The van der Waals surface area contributed by atoms with Crippen molar-refractivity contribution in [3.63, 3.8) is 0 Å². The summed E-state index contributed by atoms with van der Waals surface area (Å²) in [6, 6.07) is 16.3. The fourth-order valence-corrected chi connectivity index (χ4v) is 3.51. The molecule has 1 fully saturated rings. The molecule has 3 aromatic rings. The Labute approximate surface area is 164 Å². The minimum atomic E-state index is -0.242. The molecule has 0 N–H and O–H groups in total. The van der Waals surface area contributed by atoms with Crippen molar-refractivity contribution in [2.75, 3.05) is 31.1 Å². The van der Waals surface area contributed by atoms with E-state index < -0.39 is 0 Å². The number of hydrogen-bond acceptors (Lipinski definition) is 6. The molecule has 3 heterocycles. The van der Waals surface area contributed by atoms with Gasteiger partial charge in [-0.2, -0.15) is 0 Å². The molecule has 1 atom stereocenters. The van der Waals surface area contributed by atoms with E-state index in [0.29, 0.717) is 44.5 Å². The zero-order chi connectivity index (χ0) is 19.3. The van der Waals surface area contributed by atoms with Crippen molar-refractivity contribution in [3.05, 3.63) is 71.9 Å². The zero-order valence-corrected chi connectivity index (χ0v) is 15.9. The predicted molar refractivity (Wildman–Crippen MR) is 105 cm³/mol. The summed E-state index contributed by atoms with van der Waals surface area (Å²) in [4.78, 5) is 21.8. The summed E-state index contributed by atoms with van der Waals surface area (Å²) in [7, 11) is 0. The van der Waals surface area contributed by atoms with Crippen LogP contribution in [0.25, 0.3) is 0 Å². The number of carbonyl (C=O) groups is 1. The van der Waals surface area contributed by atoms with Crippen LogP contribution in [0.3, 0.4) is 0 Å². The van der Waals surface area contributed by atoms with Gasteiger partial charge >= 0.3 is 6.01 Å². The number of rotatable bonds is 5. The second-order valence-electron chi connectivity index (χ2n) is 6.90. The van der Waals surface area contributed by atoms with Gasteiger partial charge < -0.3 is 14.2 Å². The van der Waals surface area contributed by atoms with Gasteiger partial charge in [0.2, 0.25) is 11.8 Å². The third-order valence-electron chi connectivity index (χ3n) is 5.02. The van der Waals surface area contributed by atoms with Gasteiger partial charge in [0.15, 0.2) is 0 Å². The zero-order valence-electron chi connectivity index (χ0n) is 15.9. The van der Waals surface area contributed by atoms with Crippen LogP contribution in [0.2, 0.25) is 0 Å². The predicted octanol–water partition coefficient (Wildman–Crippen LogP) is 2.45. The standard InChI is InChI=1S/C21H23N5O2/c1-16-23-24-21(28-16)26-13-11-25(12-14-26)20(27)19(17-7-3-2-4-8-17)15-18-9-5-6-10-22-18/h2-10,19H,11-15H2,1H3. The summed E-state index contributed by atoms with van der Waals surface area (Å²) in [5.74, 6) is 0.444. The van der Waals surface area contributed by atoms with E-state index in [1.54, 1.807) is 13.1 Å². The van der Waals surface area contributed by atoms with Crippen molar-refractivity contribution in [3.8, 4) is 0 Å². The number of hydrogen-bond donors (Lipinski definition) is 0. The summed E-state index contributed by atoms with van der Waals surface area (Å²) < 4.78 is 5.51. The summed E-state index contributed by atoms with van der Waals surface area (Å²) in [6.45, 7) is 4.40. The van der Waals surface area contributed by atoms with Crippen molar-refractivity contribution in [2.45, 2.75) is 19.3 Å². The lowest BCUT2D eigenvalue weighted by atomic mass is 9.92. The van der Waals surface area contributed by atoms with Crippen LogP contribution in [-0.2, 0) is 11.2 Å². The van der Waals surface area contributed by atoms with E-state index in [1.165, 1.54) is 0 Å². The summed E-state index contributed by atoms with van der Waals surface area (Å²) in [5, 5.41) is 7.96. The molecule has 0 aliphatic carbocycles. The van der Waals surface area contributed by atoms with Gasteiger partial charge in [0.1, 0.15) is 0 Å². The highest BCUT2D eigenvalue weighted by Gasteiger charge is 2.30. The third kappa shape index (κ3) is 4.03. The molecule has 28 heavy (non-hydrogen) atoms. The average molecular weight is 377 g/mol. The summed E-state index contributed by atoms with van der Waals surface area (Å²) in [6.07, 6.45) is 2.36. The monoisotopic (exact) mass is 377 g/mol. The van der Waals surface area contributed by atoms with Gasteiger partial charge in [-0.05, 0) is 17.7 Å². The molecule has 7 nitrogen and oxygen atoms in total. The van der Waals surface area contributed by atoms with Gasteiger partial charge in [-0.3, -0.25) is 9.78 Å². The molecule has 0 bridgehead atoms. The van der Waals surface area contributed by atoms with E-state index in [1.807, 2.05) is 58.3 Å². The molecule has 0 spiro atoms. The number of pyridine rings is 1. The molecule has 1 aliphatic rings. The molecule has 1 saturated heterocycles. The Morgan fingerprint density at radius 1 is 1.04 bits per heavy atom. The largest absolute Gasteiger partial charge is 0.408 e. The van der Waals surface area contributed by atoms with E-state index in [-0.39, 0.29) is 11.8 Å². The van der Waals surface area contributed by atoms with Gasteiger partial charge in [-0.25, -0.2) is 0 Å². The van der Waals surface area contributed by atoms with E-state index >= 15 is 0 Å². The van der Waals surface area contributed by atoms with Crippen molar-refractivity contribution >= 4 is 11.9 Å². The van der Waals surface area contributed by atoms with Crippen molar-refractivity contribution in [2.24, 2.45) is 0 Å². The molecular weight excluding hydrogens is 354 g/mol. The van der Waals surface area contributed by atoms with Crippen LogP contribution >= 0.6 is 0 Å². The van der Waals surface area contributed by atoms with Crippen LogP contribution in [0.15, 0.2) is 59.1 Å². The Bertz CT molecular complexity index is 905. The Balaban J connectivity index is 1.48. The van der Waals surface area contributed by atoms with Gasteiger partial charge in [0.05, 0.1) is 5.92 Å². The Hall–Kier alpha value is -3.22. The Morgan fingerprint density at radius 2 is 1.79 bits per heavy atom. The number of aryl methyl sites for hydroxylation is 1. The quantitative estimate of drug-likeness (QED) is 0.680. The topological polar surface area (TPSA) is 75.4 Å². The number of piperazine rings is 1. The lowest BCUT2D eigenvalue weighted by molar-refractivity contribution is -0.133. The molecule has 2 aromatic heterocycles. The van der Waals surface area contributed by atoms with E-state index in [0.717, 1.165) is 11.3 Å².